The van der Waals surface area contributed by atoms with E-state index in [0.29, 0.717) is 5.71 Å². The quantitative estimate of drug-likeness (QED) is 0.473. The summed E-state index contributed by atoms with van der Waals surface area (Å²) in [6.45, 7) is 0. The van der Waals surface area contributed by atoms with Gasteiger partial charge in [0.2, 0.25) is 0 Å². The summed E-state index contributed by atoms with van der Waals surface area (Å²) in [6, 6.07) is 20.6. The molecule has 0 bridgehead atoms. The smallest absolute Gasteiger partial charge is 0.280 e. The van der Waals surface area contributed by atoms with E-state index in [-0.39, 0.29) is 10.0 Å². The van der Waals surface area contributed by atoms with Crippen molar-refractivity contribution in [1.29, 1.82) is 0 Å². The van der Waals surface area contributed by atoms with Crippen LogP contribution >= 0.6 is 23.2 Å². The van der Waals surface area contributed by atoms with Crippen LogP contribution in [0.25, 0.3) is 0 Å². The molecule has 0 spiro atoms. The fraction of sp³-hybridized carbons (Fsp3) is 0. The molecule has 0 aromatic heterocycles. The Balaban J connectivity index is 2.05. The van der Waals surface area contributed by atoms with E-state index in [0.717, 1.165) is 17.2 Å². The monoisotopic (exact) mass is 420 g/mol. The number of rotatable bonds is 5. The minimum Gasteiger partial charge on any atom is -0.505 e. The van der Waals surface area contributed by atoms with Gasteiger partial charge in [0.05, 0.1) is 10.7 Å². The van der Waals surface area contributed by atoms with E-state index in [2.05, 4.69) is 9.93 Å². The average molecular weight is 421 g/mol. The number of benzene rings is 3. The van der Waals surface area contributed by atoms with Gasteiger partial charge in [0.25, 0.3) is 10.0 Å². The largest absolute Gasteiger partial charge is 0.505 e. The zero-order valence-electron chi connectivity index (χ0n) is 13.8. The Morgan fingerprint density at radius 2 is 1.41 bits per heavy atom. The van der Waals surface area contributed by atoms with Crippen LogP contribution < -0.4 is 4.83 Å². The summed E-state index contributed by atoms with van der Waals surface area (Å²) >= 11 is 11.7. The third kappa shape index (κ3) is 4.42. The molecule has 3 aromatic carbocycles. The zero-order valence-corrected chi connectivity index (χ0v) is 16.1. The maximum Gasteiger partial charge on any atom is 0.280 e. The topological polar surface area (TPSA) is 78.8 Å². The average Bonchev–Trinajstić information content (AvgIpc) is 2.66. The molecule has 0 radical (unpaired) electrons. The van der Waals surface area contributed by atoms with Gasteiger partial charge in [-0.05, 0) is 12.1 Å². The summed E-state index contributed by atoms with van der Waals surface area (Å²) < 4.78 is 25.3. The molecule has 2 N–H and O–H groups in total. The molecule has 8 heteroatoms. The van der Waals surface area contributed by atoms with Crippen molar-refractivity contribution in [2.45, 2.75) is 4.90 Å². The van der Waals surface area contributed by atoms with Crippen LogP contribution in [0.4, 0.5) is 0 Å². The van der Waals surface area contributed by atoms with Crippen LogP contribution in [0.15, 0.2) is 82.8 Å². The molecule has 0 aliphatic rings. The second-order valence-electron chi connectivity index (χ2n) is 5.52. The molecule has 0 unspecified atom stereocenters. The molecule has 0 saturated carbocycles. The van der Waals surface area contributed by atoms with E-state index in [1.807, 2.05) is 60.7 Å². The van der Waals surface area contributed by atoms with Crippen molar-refractivity contribution in [1.82, 2.24) is 4.83 Å². The SMILES string of the molecule is O=S(=O)(NN=C(c1ccccc1)c1ccccc1)c1cc(Cl)cc(Cl)c1O. The van der Waals surface area contributed by atoms with Crippen molar-refractivity contribution >= 4 is 38.9 Å². The van der Waals surface area contributed by atoms with Crippen LogP contribution in [0.2, 0.25) is 10.0 Å². The molecule has 0 aliphatic heterocycles. The summed E-state index contributed by atoms with van der Waals surface area (Å²) in [6.07, 6.45) is 0. The van der Waals surface area contributed by atoms with Gasteiger partial charge in [-0.2, -0.15) is 18.4 Å². The van der Waals surface area contributed by atoms with Crippen molar-refractivity contribution in [3.8, 4) is 5.75 Å². The second kappa shape index (κ2) is 8.00. The lowest BCUT2D eigenvalue weighted by molar-refractivity contribution is 0.458. The Labute approximate surface area is 166 Å². The minimum absolute atomic E-state index is 0.0773. The Morgan fingerprint density at radius 3 is 1.93 bits per heavy atom. The van der Waals surface area contributed by atoms with Gasteiger partial charge in [-0.1, -0.05) is 83.9 Å². The molecule has 0 aliphatic carbocycles. The van der Waals surface area contributed by atoms with Crippen LogP contribution in [-0.4, -0.2) is 19.2 Å². The molecule has 5 nitrogen and oxygen atoms in total. The van der Waals surface area contributed by atoms with E-state index >= 15 is 0 Å². The Morgan fingerprint density at radius 1 is 0.889 bits per heavy atom. The molecule has 3 rings (SSSR count). The highest BCUT2D eigenvalue weighted by Crippen LogP contribution is 2.34. The van der Waals surface area contributed by atoms with E-state index in [4.69, 9.17) is 23.2 Å². The molecule has 138 valence electrons. The number of nitrogens with zero attached hydrogens (tertiary/aromatic N) is 1. The lowest BCUT2D eigenvalue weighted by Gasteiger charge is -2.11. The van der Waals surface area contributed by atoms with E-state index in [1.165, 1.54) is 6.07 Å². The van der Waals surface area contributed by atoms with Gasteiger partial charge in [0, 0.05) is 16.1 Å². The number of aromatic hydroxyl groups is 1. The van der Waals surface area contributed by atoms with Crippen LogP contribution in [-0.2, 0) is 10.0 Å². The third-order valence-electron chi connectivity index (χ3n) is 3.65. The van der Waals surface area contributed by atoms with Crippen molar-refractivity contribution in [2.75, 3.05) is 0 Å². The number of hydrogen-bond donors (Lipinski definition) is 2. The van der Waals surface area contributed by atoms with Crippen LogP contribution in [0.3, 0.4) is 0 Å². The molecular weight excluding hydrogens is 407 g/mol. The summed E-state index contributed by atoms with van der Waals surface area (Å²) in [5.41, 5.74) is 1.87. The van der Waals surface area contributed by atoms with Crippen molar-refractivity contribution < 1.29 is 13.5 Å². The van der Waals surface area contributed by atoms with Gasteiger partial charge in [0.15, 0.2) is 5.75 Å². The predicted molar refractivity (Wildman–Crippen MR) is 107 cm³/mol. The standard InChI is InChI=1S/C19H14Cl2N2O3S/c20-15-11-16(21)19(24)17(12-15)27(25,26)23-22-18(13-7-3-1-4-8-13)14-9-5-2-6-10-14/h1-12,23-24H. The molecule has 0 amide bonds. The highest BCUT2D eigenvalue weighted by atomic mass is 35.5. The van der Waals surface area contributed by atoms with Gasteiger partial charge in [-0.25, -0.2) is 0 Å². The fourth-order valence-electron chi connectivity index (χ4n) is 2.39. The van der Waals surface area contributed by atoms with E-state index in [1.54, 1.807) is 0 Å². The Bertz CT molecular complexity index is 1050. The highest BCUT2D eigenvalue weighted by Gasteiger charge is 2.22. The molecule has 0 saturated heterocycles. The van der Waals surface area contributed by atoms with Gasteiger partial charge in [-0.3, -0.25) is 0 Å². The van der Waals surface area contributed by atoms with Crippen molar-refractivity contribution in [2.24, 2.45) is 5.10 Å². The second-order valence-corrected chi connectivity index (χ2v) is 7.99. The number of hydrogen-bond acceptors (Lipinski definition) is 4. The first-order valence-electron chi connectivity index (χ1n) is 7.77. The number of hydrazone groups is 1. The molecule has 0 atom stereocenters. The molecule has 27 heavy (non-hydrogen) atoms. The first kappa shape index (κ1) is 19.2. The normalized spacial score (nSPS) is 11.0. The lowest BCUT2D eigenvalue weighted by Crippen LogP contribution is -2.21. The molecular formula is C19H14Cl2N2O3S. The van der Waals surface area contributed by atoms with Crippen LogP contribution in [0, 0.1) is 0 Å². The Kier molecular flexibility index (Phi) is 5.70. The van der Waals surface area contributed by atoms with E-state index < -0.39 is 20.7 Å². The van der Waals surface area contributed by atoms with Crippen molar-refractivity contribution in [3.63, 3.8) is 0 Å². The third-order valence-corrected chi connectivity index (χ3v) is 5.38. The number of phenols is 1. The maximum atomic E-state index is 12.6. The van der Waals surface area contributed by atoms with E-state index in [9.17, 15) is 13.5 Å². The molecule has 3 aromatic rings. The summed E-state index contributed by atoms with van der Waals surface area (Å²) in [4.78, 5) is 1.70. The number of sulfonamides is 1. The van der Waals surface area contributed by atoms with Crippen LogP contribution in [0.5, 0.6) is 5.75 Å². The predicted octanol–water partition coefficient (Wildman–Crippen LogP) is 4.43. The van der Waals surface area contributed by atoms with Gasteiger partial charge in [-0.15, -0.1) is 0 Å². The zero-order chi connectivity index (χ0) is 19.4. The number of phenolic OH excluding ortho intramolecular Hbond substituents is 1. The molecule has 0 fully saturated rings. The number of halogens is 2. The first-order valence-corrected chi connectivity index (χ1v) is 10.0. The molecule has 0 heterocycles. The van der Waals surface area contributed by atoms with Crippen LogP contribution in [0.1, 0.15) is 11.1 Å². The van der Waals surface area contributed by atoms with Gasteiger partial charge >= 0.3 is 0 Å². The van der Waals surface area contributed by atoms with Gasteiger partial charge < -0.3 is 5.11 Å². The summed E-state index contributed by atoms with van der Waals surface area (Å²) in [5, 5.41) is 14.0. The first-order chi connectivity index (χ1) is 12.9. The highest BCUT2D eigenvalue weighted by molar-refractivity contribution is 7.89. The maximum absolute atomic E-state index is 12.6. The Hall–Kier alpha value is -2.54. The number of nitrogens with one attached hydrogen (secondary N) is 1. The van der Waals surface area contributed by atoms with Gasteiger partial charge in [0.1, 0.15) is 4.90 Å². The summed E-state index contributed by atoms with van der Waals surface area (Å²) in [5.74, 6) is -0.593. The lowest BCUT2D eigenvalue weighted by atomic mass is 10.0. The fourth-order valence-corrected chi connectivity index (χ4v) is 3.96. The van der Waals surface area contributed by atoms with Crippen molar-refractivity contribution in [3.05, 3.63) is 94.0 Å². The minimum atomic E-state index is -4.20. The summed E-state index contributed by atoms with van der Waals surface area (Å²) in [7, 11) is -4.20.